The van der Waals surface area contributed by atoms with Crippen LogP contribution in [0.3, 0.4) is 0 Å². The van der Waals surface area contributed by atoms with Crippen LogP contribution in [0.25, 0.3) is 0 Å². The second-order valence-corrected chi connectivity index (χ2v) is 6.15. The van der Waals surface area contributed by atoms with Gasteiger partial charge in [-0.25, -0.2) is 22.0 Å². The topological polar surface area (TPSA) is 0 Å². The standard InChI is InChI=1S/C11H9F8P/c1-2-3-4-20(11(17,18)19)10-8(15)6(13)5(12)7(14)9(10)16/h2-4H2,1H3. The van der Waals surface area contributed by atoms with Gasteiger partial charge in [0.25, 0.3) is 0 Å². The van der Waals surface area contributed by atoms with Crippen LogP contribution in [0.5, 0.6) is 0 Å². The summed E-state index contributed by atoms with van der Waals surface area (Å²) in [5.41, 5.74) is 0. The lowest BCUT2D eigenvalue weighted by atomic mass is 10.3. The minimum atomic E-state index is -5.04. The first-order chi connectivity index (χ1) is 9.12. The van der Waals surface area contributed by atoms with Crippen LogP contribution in [-0.2, 0) is 0 Å². The predicted octanol–water partition coefficient (Wildman–Crippen LogP) is 4.81. The molecule has 0 fully saturated rings. The van der Waals surface area contributed by atoms with Gasteiger partial charge < -0.3 is 0 Å². The van der Waals surface area contributed by atoms with Crippen LogP contribution in [0.1, 0.15) is 19.8 Å². The van der Waals surface area contributed by atoms with Crippen molar-refractivity contribution in [2.45, 2.75) is 25.7 Å². The van der Waals surface area contributed by atoms with E-state index in [4.69, 9.17) is 0 Å². The van der Waals surface area contributed by atoms with E-state index < -0.39 is 54.4 Å². The maximum Gasteiger partial charge on any atom is 0.409 e. The first-order valence-electron chi connectivity index (χ1n) is 5.48. The van der Waals surface area contributed by atoms with Gasteiger partial charge in [-0.2, -0.15) is 13.2 Å². The average molecular weight is 324 g/mol. The van der Waals surface area contributed by atoms with Crippen LogP contribution in [-0.4, -0.2) is 12.1 Å². The Bertz CT molecular complexity index is 467. The second-order valence-electron chi connectivity index (χ2n) is 3.89. The van der Waals surface area contributed by atoms with E-state index >= 15 is 0 Å². The molecule has 0 aliphatic carbocycles. The summed E-state index contributed by atoms with van der Waals surface area (Å²) < 4.78 is 104. The van der Waals surface area contributed by atoms with Crippen molar-refractivity contribution >= 4 is 13.2 Å². The smallest absolute Gasteiger partial charge is 0.203 e. The molecular weight excluding hydrogens is 315 g/mol. The molecule has 0 bridgehead atoms. The van der Waals surface area contributed by atoms with Crippen molar-refractivity contribution in [2.24, 2.45) is 0 Å². The van der Waals surface area contributed by atoms with Crippen LogP contribution in [0.4, 0.5) is 35.1 Å². The van der Waals surface area contributed by atoms with Crippen molar-refractivity contribution in [2.75, 3.05) is 6.16 Å². The van der Waals surface area contributed by atoms with Crippen LogP contribution in [0.2, 0.25) is 0 Å². The number of hydrogen-bond donors (Lipinski definition) is 0. The zero-order valence-electron chi connectivity index (χ0n) is 10.1. The van der Waals surface area contributed by atoms with Crippen molar-refractivity contribution in [3.63, 3.8) is 0 Å². The molecule has 114 valence electrons. The van der Waals surface area contributed by atoms with E-state index in [1.807, 2.05) is 0 Å². The fourth-order valence-corrected chi connectivity index (χ4v) is 3.55. The molecule has 0 nitrogen and oxygen atoms in total. The van der Waals surface area contributed by atoms with Gasteiger partial charge in [-0.3, -0.25) is 0 Å². The highest BCUT2D eigenvalue weighted by molar-refractivity contribution is 7.66. The lowest BCUT2D eigenvalue weighted by Crippen LogP contribution is -2.26. The van der Waals surface area contributed by atoms with Crippen molar-refractivity contribution in [1.29, 1.82) is 0 Å². The molecule has 1 unspecified atom stereocenters. The zero-order valence-corrected chi connectivity index (χ0v) is 11.0. The highest BCUT2D eigenvalue weighted by atomic mass is 31.1. The molecule has 0 radical (unpaired) electrons. The first kappa shape index (κ1) is 17.1. The third-order valence-corrected chi connectivity index (χ3v) is 4.81. The Labute approximate surface area is 110 Å². The summed E-state index contributed by atoms with van der Waals surface area (Å²) in [6.07, 6.45) is -0.428. The fourth-order valence-electron chi connectivity index (χ4n) is 1.51. The number of benzene rings is 1. The van der Waals surface area contributed by atoms with E-state index in [-0.39, 0.29) is 6.42 Å². The summed E-state index contributed by atoms with van der Waals surface area (Å²) in [5, 5.41) is -1.75. The molecule has 1 atom stereocenters. The number of halogens is 8. The maximum absolute atomic E-state index is 13.4. The predicted molar refractivity (Wildman–Crippen MR) is 58.6 cm³/mol. The molecule has 0 saturated carbocycles. The van der Waals surface area contributed by atoms with Crippen molar-refractivity contribution in [3.8, 4) is 0 Å². The van der Waals surface area contributed by atoms with E-state index in [1.54, 1.807) is 6.92 Å². The van der Waals surface area contributed by atoms with Gasteiger partial charge in [-0.15, -0.1) is 0 Å². The van der Waals surface area contributed by atoms with Gasteiger partial charge in [-0.05, 0) is 12.6 Å². The van der Waals surface area contributed by atoms with E-state index in [9.17, 15) is 35.1 Å². The minimum Gasteiger partial charge on any atom is -0.203 e. The Morgan fingerprint density at radius 3 is 1.55 bits per heavy atom. The lowest BCUT2D eigenvalue weighted by Gasteiger charge is -2.22. The molecule has 1 rings (SSSR count). The third-order valence-electron chi connectivity index (χ3n) is 2.50. The molecule has 0 spiro atoms. The Kier molecular flexibility index (Phi) is 5.35. The van der Waals surface area contributed by atoms with E-state index in [0.717, 1.165) is 0 Å². The third kappa shape index (κ3) is 3.22. The van der Waals surface area contributed by atoms with Gasteiger partial charge in [-0.1, -0.05) is 13.3 Å². The maximum atomic E-state index is 13.4. The lowest BCUT2D eigenvalue weighted by molar-refractivity contribution is -0.0392. The Balaban J connectivity index is 3.48. The van der Waals surface area contributed by atoms with Crippen LogP contribution in [0.15, 0.2) is 0 Å². The number of unbranched alkanes of at least 4 members (excludes halogenated alkanes) is 1. The van der Waals surface area contributed by atoms with Crippen LogP contribution in [0, 0.1) is 29.1 Å². The summed E-state index contributed by atoms with van der Waals surface area (Å²) in [4.78, 5) is 0. The van der Waals surface area contributed by atoms with Crippen molar-refractivity contribution < 1.29 is 35.1 Å². The monoisotopic (exact) mass is 324 g/mol. The van der Waals surface area contributed by atoms with E-state index in [1.165, 1.54) is 0 Å². The summed E-state index contributed by atoms with van der Waals surface area (Å²) in [7, 11) is -3.49. The average Bonchev–Trinajstić information content (AvgIpc) is 2.36. The molecular formula is C11H9F8P. The molecule has 20 heavy (non-hydrogen) atoms. The molecule has 0 aliphatic heterocycles. The molecule has 0 amide bonds. The Hall–Kier alpha value is -0.910. The summed E-state index contributed by atoms with van der Waals surface area (Å²) >= 11 is 0. The molecule has 0 N–H and O–H groups in total. The number of rotatable bonds is 4. The van der Waals surface area contributed by atoms with Gasteiger partial charge in [0, 0.05) is 7.92 Å². The zero-order chi connectivity index (χ0) is 15.7. The summed E-state index contributed by atoms with van der Waals surface area (Å²) in [6, 6.07) is 0. The summed E-state index contributed by atoms with van der Waals surface area (Å²) in [5.74, 6) is -17.0. The second kappa shape index (κ2) is 6.24. The fraction of sp³-hybridized carbons (Fsp3) is 0.455. The SMILES string of the molecule is CCCCP(c1c(F)c(F)c(F)c(F)c1F)C(F)(F)F. The normalized spacial score (nSPS) is 13.7. The molecule has 0 heterocycles. The van der Waals surface area contributed by atoms with E-state index in [0.29, 0.717) is 6.42 Å². The molecule has 0 aromatic heterocycles. The van der Waals surface area contributed by atoms with Crippen molar-refractivity contribution in [3.05, 3.63) is 29.1 Å². The molecule has 1 aromatic carbocycles. The van der Waals surface area contributed by atoms with Gasteiger partial charge in [0.1, 0.15) is 0 Å². The molecule has 9 heteroatoms. The highest BCUT2D eigenvalue weighted by Crippen LogP contribution is 2.54. The molecule has 0 saturated heterocycles. The largest absolute Gasteiger partial charge is 0.409 e. The Morgan fingerprint density at radius 1 is 0.800 bits per heavy atom. The molecule has 1 aromatic rings. The van der Waals surface area contributed by atoms with Gasteiger partial charge >= 0.3 is 5.92 Å². The van der Waals surface area contributed by atoms with Crippen LogP contribution >= 0.6 is 7.92 Å². The van der Waals surface area contributed by atoms with E-state index in [2.05, 4.69) is 0 Å². The highest BCUT2D eigenvalue weighted by Gasteiger charge is 2.45. The van der Waals surface area contributed by atoms with Gasteiger partial charge in [0.15, 0.2) is 23.3 Å². The van der Waals surface area contributed by atoms with Gasteiger partial charge in [0.2, 0.25) is 5.82 Å². The summed E-state index contributed by atoms with van der Waals surface area (Å²) in [6.45, 7) is 1.54. The van der Waals surface area contributed by atoms with Crippen molar-refractivity contribution in [1.82, 2.24) is 0 Å². The number of alkyl halides is 3. The quantitative estimate of drug-likeness (QED) is 0.323. The van der Waals surface area contributed by atoms with Gasteiger partial charge in [0.05, 0.1) is 5.30 Å². The first-order valence-corrected chi connectivity index (χ1v) is 7.01. The molecule has 0 aliphatic rings. The Morgan fingerprint density at radius 2 is 1.20 bits per heavy atom. The van der Waals surface area contributed by atoms with Crippen LogP contribution < -0.4 is 5.30 Å². The number of hydrogen-bond acceptors (Lipinski definition) is 0. The minimum absolute atomic E-state index is 0.0370.